The number of rotatable bonds is 4. The first kappa shape index (κ1) is 15.7. The van der Waals surface area contributed by atoms with Gasteiger partial charge in [-0.1, -0.05) is 41.4 Å². The molecule has 0 aliphatic heterocycles. The Labute approximate surface area is 143 Å². The smallest absolute Gasteiger partial charge is 0.275 e. The van der Waals surface area contributed by atoms with E-state index < -0.39 is 0 Å². The van der Waals surface area contributed by atoms with Gasteiger partial charge in [-0.3, -0.25) is 9.69 Å². The highest BCUT2D eigenvalue weighted by Crippen LogP contribution is 2.28. The van der Waals surface area contributed by atoms with Crippen LogP contribution in [0.5, 0.6) is 0 Å². The molecule has 0 fully saturated rings. The molecule has 0 atom stereocenters. The predicted molar refractivity (Wildman–Crippen MR) is 91.1 cm³/mol. The number of carbonyl (C=O) groups excluding carboxylic acids is 1. The zero-order valence-corrected chi connectivity index (χ0v) is 13.9. The third-order valence-electron chi connectivity index (χ3n) is 3.54. The van der Waals surface area contributed by atoms with E-state index >= 15 is 0 Å². The molecule has 0 unspecified atom stereocenters. The molecular weight excluding hydrogens is 335 g/mol. The van der Waals surface area contributed by atoms with Crippen molar-refractivity contribution >= 4 is 34.8 Å². The van der Waals surface area contributed by atoms with Crippen molar-refractivity contribution in [3.05, 3.63) is 76.4 Å². The van der Waals surface area contributed by atoms with Gasteiger partial charge in [-0.25, -0.2) is 0 Å². The zero-order valence-electron chi connectivity index (χ0n) is 12.4. The second-order valence-corrected chi connectivity index (χ2v) is 5.80. The Morgan fingerprint density at radius 1 is 1.17 bits per heavy atom. The Kier molecular flexibility index (Phi) is 4.46. The molecular formula is C17H14Cl2N2O2. The molecule has 2 aromatic heterocycles. The maximum Gasteiger partial charge on any atom is 0.275 e. The van der Waals surface area contributed by atoms with Crippen molar-refractivity contribution in [1.82, 2.24) is 4.57 Å². The van der Waals surface area contributed by atoms with E-state index in [0.717, 1.165) is 5.69 Å². The van der Waals surface area contributed by atoms with E-state index in [2.05, 4.69) is 0 Å². The predicted octanol–water partition coefficient (Wildman–Crippen LogP) is 4.77. The third-order valence-corrected chi connectivity index (χ3v) is 4.38. The summed E-state index contributed by atoms with van der Waals surface area (Å²) in [5.41, 5.74) is 1.18. The molecule has 6 heteroatoms. The minimum Gasteiger partial charge on any atom is -0.467 e. The van der Waals surface area contributed by atoms with Crippen molar-refractivity contribution < 1.29 is 9.21 Å². The van der Waals surface area contributed by atoms with Gasteiger partial charge in [0.25, 0.3) is 5.91 Å². The van der Waals surface area contributed by atoms with Crippen LogP contribution in [0.1, 0.15) is 16.2 Å². The Balaban J connectivity index is 2.00. The fourth-order valence-corrected chi connectivity index (χ4v) is 2.71. The number of furan rings is 1. The van der Waals surface area contributed by atoms with Crippen LogP contribution in [0.4, 0.5) is 5.69 Å². The molecule has 0 saturated carbocycles. The molecule has 2 heterocycles. The lowest BCUT2D eigenvalue weighted by atomic mass is 10.2. The molecule has 0 radical (unpaired) electrons. The molecule has 3 rings (SSSR count). The zero-order chi connectivity index (χ0) is 16.4. The molecule has 23 heavy (non-hydrogen) atoms. The van der Waals surface area contributed by atoms with Gasteiger partial charge < -0.3 is 8.98 Å². The summed E-state index contributed by atoms with van der Waals surface area (Å²) in [4.78, 5) is 14.6. The molecule has 3 aromatic rings. The van der Waals surface area contributed by atoms with Crippen molar-refractivity contribution in [1.29, 1.82) is 0 Å². The molecule has 1 amide bonds. The SMILES string of the molecule is Cn1c(C(=O)N(Cc2ccco2)c2ccccc2)cc(Cl)c1Cl. The molecule has 0 bridgehead atoms. The quantitative estimate of drug-likeness (QED) is 0.680. The molecule has 1 aromatic carbocycles. The normalized spacial score (nSPS) is 10.7. The molecule has 0 spiro atoms. The lowest BCUT2D eigenvalue weighted by Gasteiger charge is -2.22. The summed E-state index contributed by atoms with van der Waals surface area (Å²) in [6.07, 6.45) is 1.58. The van der Waals surface area contributed by atoms with Gasteiger partial charge in [-0.15, -0.1) is 0 Å². The van der Waals surface area contributed by atoms with Crippen LogP contribution >= 0.6 is 23.2 Å². The molecule has 0 N–H and O–H groups in total. The number of halogens is 2. The number of amides is 1. The van der Waals surface area contributed by atoms with Crippen LogP contribution in [0, 0.1) is 0 Å². The largest absolute Gasteiger partial charge is 0.467 e. The number of nitrogens with zero attached hydrogens (tertiary/aromatic N) is 2. The number of hydrogen-bond acceptors (Lipinski definition) is 2. The van der Waals surface area contributed by atoms with Gasteiger partial charge in [-0.05, 0) is 30.3 Å². The van der Waals surface area contributed by atoms with Crippen molar-refractivity contribution in [3.63, 3.8) is 0 Å². The molecule has 4 nitrogen and oxygen atoms in total. The maximum absolute atomic E-state index is 13.0. The summed E-state index contributed by atoms with van der Waals surface area (Å²) < 4.78 is 6.95. The average Bonchev–Trinajstić information content (AvgIpc) is 3.17. The fraction of sp³-hybridized carbons (Fsp3) is 0.118. The highest BCUT2D eigenvalue weighted by atomic mass is 35.5. The first-order valence-corrected chi connectivity index (χ1v) is 7.73. The topological polar surface area (TPSA) is 38.4 Å². The summed E-state index contributed by atoms with van der Waals surface area (Å²) in [6, 6.07) is 14.6. The summed E-state index contributed by atoms with van der Waals surface area (Å²) in [7, 11) is 1.71. The highest BCUT2D eigenvalue weighted by Gasteiger charge is 2.23. The van der Waals surface area contributed by atoms with Crippen molar-refractivity contribution in [2.45, 2.75) is 6.54 Å². The van der Waals surface area contributed by atoms with E-state index in [9.17, 15) is 4.79 Å². The van der Waals surface area contributed by atoms with Crippen LogP contribution in [-0.2, 0) is 13.6 Å². The minimum absolute atomic E-state index is 0.205. The van der Waals surface area contributed by atoms with Crippen LogP contribution < -0.4 is 4.90 Å². The second-order valence-electron chi connectivity index (χ2n) is 5.03. The van der Waals surface area contributed by atoms with Crippen LogP contribution in [0.25, 0.3) is 0 Å². The van der Waals surface area contributed by atoms with Gasteiger partial charge in [0, 0.05) is 12.7 Å². The number of benzene rings is 1. The monoisotopic (exact) mass is 348 g/mol. The number of anilines is 1. The first-order valence-electron chi connectivity index (χ1n) is 6.98. The lowest BCUT2D eigenvalue weighted by molar-refractivity contribution is 0.0975. The Morgan fingerprint density at radius 2 is 1.91 bits per heavy atom. The van der Waals surface area contributed by atoms with E-state index in [1.807, 2.05) is 36.4 Å². The van der Waals surface area contributed by atoms with E-state index in [1.54, 1.807) is 34.9 Å². The number of hydrogen-bond donors (Lipinski definition) is 0. The number of aromatic nitrogens is 1. The number of carbonyl (C=O) groups is 1. The average molecular weight is 349 g/mol. The van der Waals surface area contributed by atoms with Gasteiger partial charge >= 0.3 is 0 Å². The van der Waals surface area contributed by atoms with Gasteiger partial charge in [0.1, 0.15) is 16.6 Å². The third kappa shape index (κ3) is 3.14. The van der Waals surface area contributed by atoms with Crippen molar-refractivity contribution in [2.75, 3.05) is 4.90 Å². The van der Waals surface area contributed by atoms with Gasteiger partial charge in [0.15, 0.2) is 0 Å². The van der Waals surface area contributed by atoms with Crippen LogP contribution in [0.3, 0.4) is 0 Å². The summed E-state index contributed by atoms with van der Waals surface area (Å²) >= 11 is 12.1. The van der Waals surface area contributed by atoms with E-state index in [4.69, 9.17) is 27.6 Å². The van der Waals surface area contributed by atoms with Crippen molar-refractivity contribution in [2.24, 2.45) is 7.05 Å². The Hall–Kier alpha value is -2.17. The number of para-hydroxylation sites is 1. The summed E-state index contributed by atoms with van der Waals surface area (Å²) in [6.45, 7) is 0.316. The molecule has 118 valence electrons. The van der Waals surface area contributed by atoms with E-state index in [-0.39, 0.29) is 5.91 Å². The van der Waals surface area contributed by atoms with E-state index in [1.165, 1.54) is 0 Å². The Morgan fingerprint density at radius 3 is 2.48 bits per heavy atom. The standard InChI is InChI=1S/C17H14Cl2N2O2/c1-20-15(10-14(18)16(20)19)17(22)21(11-13-8-5-9-23-13)12-6-3-2-4-7-12/h2-10H,11H2,1H3. The summed E-state index contributed by atoms with van der Waals surface area (Å²) in [5, 5.41) is 0.685. The van der Waals surface area contributed by atoms with Crippen LogP contribution in [-0.4, -0.2) is 10.5 Å². The Bertz CT molecular complexity index is 811. The molecule has 0 aliphatic carbocycles. The van der Waals surface area contributed by atoms with Crippen LogP contribution in [0.2, 0.25) is 10.2 Å². The van der Waals surface area contributed by atoms with Crippen molar-refractivity contribution in [3.8, 4) is 0 Å². The maximum atomic E-state index is 13.0. The van der Waals surface area contributed by atoms with Gasteiger partial charge in [0.05, 0.1) is 17.8 Å². The molecule has 0 saturated heterocycles. The minimum atomic E-state index is -0.205. The molecule has 0 aliphatic rings. The van der Waals surface area contributed by atoms with E-state index in [0.29, 0.717) is 28.2 Å². The van der Waals surface area contributed by atoms with Gasteiger partial charge in [-0.2, -0.15) is 0 Å². The summed E-state index contributed by atoms with van der Waals surface area (Å²) in [5.74, 6) is 0.484. The fourth-order valence-electron chi connectivity index (χ4n) is 2.33. The first-order chi connectivity index (χ1) is 11.1. The second kappa shape index (κ2) is 6.52. The van der Waals surface area contributed by atoms with Gasteiger partial charge in [0.2, 0.25) is 0 Å². The van der Waals surface area contributed by atoms with Crippen LogP contribution in [0.15, 0.2) is 59.2 Å². The lowest BCUT2D eigenvalue weighted by Crippen LogP contribution is -2.31. The highest BCUT2D eigenvalue weighted by molar-refractivity contribution is 6.42.